The molecule has 0 aliphatic heterocycles. The summed E-state index contributed by atoms with van der Waals surface area (Å²) in [5, 5.41) is 9.38. The molecule has 6 nitrogen and oxygen atoms in total. The molecule has 3 N–H and O–H groups in total. The van der Waals surface area contributed by atoms with Crippen molar-refractivity contribution in [2.75, 3.05) is 34.2 Å². The van der Waals surface area contributed by atoms with E-state index in [9.17, 15) is 4.79 Å². The highest BCUT2D eigenvalue weighted by Crippen LogP contribution is 2.26. The average molecular weight is 345 g/mol. The van der Waals surface area contributed by atoms with Crippen molar-refractivity contribution in [2.24, 2.45) is 4.99 Å². The largest absolute Gasteiger partial charge is 0.356 e. The summed E-state index contributed by atoms with van der Waals surface area (Å²) in [5.41, 5.74) is 1.82. The van der Waals surface area contributed by atoms with E-state index in [4.69, 9.17) is 0 Å². The van der Waals surface area contributed by atoms with E-state index in [1.807, 2.05) is 24.3 Å². The zero-order valence-corrected chi connectivity index (χ0v) is 15.8. The first-order valence-electron chi connectivity index (χ1n) is 9.02. The lowest BCUT2D eigenvalue weighted by Crippen LogP contribution is -2.45. The zero-order chi connectivity index (χ0) is 18.2. The summed E-state index contributed by atoms with van der Waals surface area (Å²) in [7, 11) is 5.63. The van der Waals surface area contributed by atoms with Crippen molar-refractivity contribution in [2.45, 2.75) is 38.3 Å². The molecule has 6 heteroatoms. The van der Waals surface area contributed by atoms with Gasteiger partial charge in [0.1, 0.15) is 0 Å². The van der Waals surface area contributed by atoms with E-state index in [0.717, 1.165) is 37.1 Å². The molecule has 1 fully saturated rings. The van der Waals surface area contributed by atoms with E-state index in [2.05, 4.69) is 39.8 Å². The van der Waals surface area contributed by atoms with Gasteiger partial charge in [-0.05, 0) is 50.9 Å². The molecule has 0 heterocycles. The molecule has 0 bridgehead atoms. The van der Waals surface area contributed by atoms with Crippen LogP contribution in [-0.4, -0.2) is 63.1 Å². The summed E-state index contributed by atoms with van der Waals surface area (Å²) in [4.78, 5) is 18.4. The van der Waals surface area contributed by atoms with Crippen LogP contribution in [0, 0.1) is 0 Å². The van der Waals surface area contributed by atoms with Crippen LogP contribution in [0.15, 0.2) is 29.3 Å². The third-order valence-electron chi connectivity index (χ3n) is 4.73. The highest BCUT2D eigenvalue weighted by molar-refractivity contribution is 5.94. The van der Waals surface area contributed by atoms with Crippen molar-refractivity contribution in [3.63, 3.8) is 0 Å². The maximum atomic E-state index is 11.7. The van der Waals surface area contributed by atoms with E-state index in [0.29, 0.717) is 11.6 Å². The minimum absolute atomic E-state index is 0.0546. The molecule has 25 heavy (non-hydrogen) atoms. The summed E-state index contributed by atoms with van der Waals surface area (Å²) in [6.07, 6.45) is 3.48. The maximum Gasteiger partial charge on any atom is 0.251 e. The molecule has 1 atom stereocenters. The van der Waals surface area contributed by atoms with Crippen molar-refractivity contribution in [3.05, 3.63) is 35.4 Å². The number of amides is 1. The lowest BCUT2D eigenvalue weighted by atomic mass is 10.1. The van der Waals surface area contributed by atoms with Gasteiger partial charge in [0.25, 0.3) is 5.91 Å². The number of hydrogen-bond acceptors (Lipinski definition) is 3. The Hall–Kier alpha value is -2.08. The van der Waals surface area contributed by atoms with Gasteiger partial charge in [0.15, 0.2) is 5.96 Å². The van der Waals surface area contributed by atoms with Gasteiger partial charge in [-0.2, -0.15) is 0 Å². The van der Waals surface area contributed by atoms with Crippen molar-refractivity contribution < 1.29 is 4.79 Å². The number of benzene rings is 1. The van der Waals surface area contributed by atoms with Gasteiger partial charge in [0.2, 0.25) is 0 Å². The van der Waals surface area contributed by atoms with Gasteiger partial charge in [-0.1, -0.05) is 12.1 Å². The molecule has 0 aromatic heterocycles. The Morgan fingerprint density at radius 2 is 2.12 bits per heavy atom. The Kier molecular flexibility index (Phi) is 7.25. The van der Waals surface area contributed by atoms with Crippen LogP contribution in [0.4, 0.5) is 0 Å². The highest BCUT2D eigenvalue weighted by atomic mass is 16.1. The summed E-state index contributed by atoms with van der Waals surface area (Å²) in [5.74, 6) is 0.763. The fourth-order valence-corrected chi connectivity index (χ4v) is 2.79. The highest BCUT2D eigenvalue weighted by Gasteiger charge is 2.28. The second-order valence-electron chi connectivity index (χ2n) is 6.66. The molecule has 2 rings (SSSR count). The number of hydrogen-bond donors (Lipinski definition) is 3. The van der Waals surface area contributed by atoms with Crippen LogP contribution in [0.5, 0.6) is 0 Å². The van der Waals surface area contributed by atoms with Crippen LogP contribution in [0.2, 0.25) is 0 Å². The Labute approximate surface area is 151 Å². The molecule has 1 aromatic carbocycles. The molecule has 1 aliphatic rings. The lowest BCUT2D eigenvalue weighted by Gasteiger charge is -2.25. The van der Waals surface area contributed by atoms with E-state index < -0.39 is 0 Å². The van der Waals surface area contributed by atoms with Crippen molar-refractivity contribution >= 4 is 11.9 Å². The predicted octanol–water partition coefficient (Wildman–Crippen LogP) is 1.24. The molecule has 1 amide bonds. The number of likely N-dealkylation sites (N-methyl/N-ethyl adjacent to an activating group) is 1. The normalized spacial score (nSPS) is 15.8. The van der Waals surface area contributed by atoms with Gasteiger partial charge in [0, 0.05) is 44.8 Å². The van der Waals surface area contributed by atoms with Crippen LogP contribution in [0.1, 0.15) is 35.7 Å². The number of carbonyl (C=O) groups excluding carboxylic acids is 1. The molecule has 138 valence electrons. The van der Waals surface area contributed by atoms with Gasteiger partial charge in [-0.15, -0.1) is 0 Å². The Morgan fingerprint density at radius 3 is 2.76 bits per heavy atom. The van der Waals surface area contributed by atoms with E-state index in [1.54, 1.807) is 14.1 Å². The van der Waals surface area contributed by atoms with Gasteiger partial charge < -0.3 is 16.0 Å². The molecule has 0 radical (unpaired) electrons. The van der Waals surface area contributed by atoms with Crippen LogP contribution >= 0.6 is 0 Å². The number of aliphatic imine (C=N–C) groups is 1. The third kappa shape index (κ3) is 6.05. The Bertz CT molecular complexity index is 597. The molecule has 0 spiro atoms. The topological polar surface area (TPSA) is 68.8 Å². The third-order valence-corrected chi connectivity index (χ3v) is 4.73. The Balaban J connectivity index is 1.74. The molecule has 1 aromatic rings. The number of nitrogens with one attached hydrogen (secondary N) is 3. The average Bonchev–Trinajstić information content (AvgIpc) is 3.48. The molecule has 1 aliphatic carbocycles. The molecule has 0 saturated heterocycles. The molecular formula is C19H31N5O. The first-order valence-corrected chi connectivity index (χ1v) is 9.02. The van der Waals surface area contributed by atoms with Crippen LogP contribution in [-0.2, 0) is 6.42 Å². The second kappa shape index (κ2) is 9.42. The van der Waals surface area contributed by atoms with E-state index in [-0.39, 0.29) is 5.91 Å². The fourth-order valence-electron chi connectivity index (χ4n) is 2.79. The number of carbonyl (C=O) groups is 1. The molecular weight excluding hydrogens is 314 g/mol. The first-order chi connectivity index (χ1) is 12.0. The SMILES string of the molecule is CN=C(NCCc1cccc(C(=O)NC)c1)NCC(C)N(C)C1CC1. The fraction of sp³-hybridized carbons (Fsp3) is 0.579. The van der Waals surface area contributed by atoms with E-state index in [1.165, 1.54) is 12.8 Å². The van der Waals surface area contributed by atoms with Gasteiger partial charge in [-0.3, -0.25) is 14.7 Å². The minimum atomic E-state index is -0.0546. The van der Waals surface area contributed by atoms with Gasteiger partial charge in [0.05, 0.1) is 0 Å². The predicted molar refractivity (Wildman–Crippen MR) is 103 cm³/mol. The van der Waals surface area contributed by atoms with Crippen LogP contribution < -0.4 is 16.0 Å². The minimum Gasteiger partial charge on any atom is -0.356 e. The second-order valence-corrected chi connectivity index (χ2v) is 6.66. The van der Waals surface area contributed by atoms with Crippen molar-refractivity contribution in [1.82, 2.24) is 20.9 Å². The summed E-state index contributed by atoms with van der Waals surface area (Å²) >= 11 is 0. The zero-order valence-electron chi connectivity index (χ0n) is 15.8. The summed E-state index contributed by atoms with van der Waals surface area (Å²) in [6, 6.07) is 8.96. The number of guanidine groups is 1. The number of nitrogens with zero attached hydrogens (tertiary/aromatic N) is 2. The first kappa shape index (κ1) is 19.2. The summed E-state index contributed by atoms with van der Waals surface area (Å²) < 4.78 is 0. The van der Waals surface area contributed by atoms with Crippen molar-refractivity contribution in [1.29, 1.82) is 0 Å². The monoisotopic (exact) mass is 345 g/mol. The Morgan fingerprint density at radius 1 is 1.36 bits per heavy atom. The quantitative estimate of drug-likeness (QED) is 0.490. The molecule has 1 unspecified atom stereocenters. The molecule has 1 saturated carbocycles. The van der Waals surface area contributed by atoms with Crippen LogP contribution in [0.25, 0.3) is 0 Å². The maximum absolute atomic E-state index is 11.7. The van der Waals surface area contributed by atoms with Gasteiger partial charge >= 0.3 is 0 Å². The smallest absolute Gasteiger partial charge is 0.251 e. The standard InChI is InChI=1S/C19H31N5O/c1-14(24(4)17-8-9-17)13-23-19(21-3)22-11-10-15-6-5-7-16(12-15)18(25)20-2/h5-7,12,14,17H,8-11,13H2,1-4H3,(H,20,25)(H2,21,22,23). The van der Waals surface area contributed by atoms with Gasteiger partial charge in [-0.25, -0.2) is 0 Å². The van der Waals surface area contributed by atoms with E-state index >= 15 is 0 Å². The van der Waals surface area contributed by atoms with Crippen molar-refractivity contribution in [3.8, 4) is 0 Å². The lowest BCUT2D eigenvalue weighted by molar-refractivity contribution is 0.0963. The summed E-state index contributed by atoms with van der Waals surface area (Å²) in [6.45, 7) is 3.88. The van der Waals surface area contributed by atoms with Crippen LogP contribution in [0.3, 0.4) is 0 Å². The number of rotatable bonds is 8.